The first-order valence-corrected chi connectivity index (χ1v) is 14.9. The van der Waals surface area contributed by atoms with Crippen LogP contribution in [-0.2, 0) is 0 Å². The molecule has 0 saturated carbocycles. The lowest BCUT2D eigenvalue weighted by molar-refractivity contribution is 0.653. The number of pyridine rings is 2. The second-order valence-corrected chi connectivity index (χ2v) is 11.4. The Balaban J connectivity index is 1.07. The zero-order valence-electron chi connectivity index (χ0n) is 23.8. The van der Waals surface area contributed by atoms with Gasteiger partial charge >= 0.3 is 0 Å². The van der Waals surface area contributed by atoms with Gasteiger partial charge in [0.15, 0.2) is 0 Å². The van der Waals surface area contributed by atoms with Gasteiger partial charge in [-0.3, -0.25) is 0 Å². The second kappa shape index (κ2) is 9.15. The average molecular weight is 579 g/mol. The minimum atomic E-state index is 0.658. The highest BCUT2D eigenvalue weighted by atomic mass is 16.3. The fraction of sp³-hybridized carbons (Fsp3) is 0. The molecular weight excluding hydrogens is 556 g/mol. The molecule has 5 aromatic heterocycles. The zero-order valence-corrected chi connectivity index (χ0v) is 23.8. The molecule has 0 aliphatic rings. The Bertz CT molecular complexity index is 2780. The van der Waals surface area contributed by atoms with Gasteiger partial charge in [0, 0.05) is 44.7 Å². The lowest BCUT2D eigenvalue weighted by Crippen LogP contribution is -1.82. The number of furan rings is 3. The Kier molecular flexibility index (Phi) is 4.93. The van der Waals surface area contributed by atoms with Crippen LogP contribution in [-0.4, -0.2) is 9.97 Å². The quantitative estimate of drug-likeness (QED) is 0.209. The number of rotatable bonds is 3. The van der Waals surface area contributed by atoms with Crippen molar-refractivity contribution in [2.24, 2.45) is 0 Å². The third-order valence-corrected chi connectivity index (χ3v) is 8.83. The molecule has 5 aromatic carbocycles. The maximum atomic E-state index is 6.27. The van der Waals surface area contributed by atoms with E-state index in [1.807, 2.05) is 24.3 Å². The number of nitrogens with zero attached hydrogens (tertiary/aromatic N) is 2. The summed E-state index contributed by atoms with van der Waals surface area (Å²) in [5.41, 5.74) is 11.5. The minimum Gasteiger partial charge on any atom is -0.456 e. The molecule has 0 saturated heterocycles. The van der Waals surface area contributed by atoms with Crippen LogP contribution in [0.1, 0.15) is 0 Å². The maximum absolute atomic E-state index is 6.27. The van der Waals surface area contributed by atoms with Gasteiger partial charge in [0.2, 0.25) is 11.4 Å². The molecule has 10 aromatic rings. The monoisotopic (exact) mass is 578 g/mol. The number of hydrogen-bond donors (Lipinski definition) is 0. The zero-order chi connectivity index (χ0) is 29.5. The van der Waals surface area contributed by atoms with E-state index >= 15 is 0 Å². The summed E-state index contributed by atoms with van der Waals surface area (Å²) in [5.74, 6) is 0. The molecule has 210 valence electrons. The third-order valence-electron chi connectivity index (χ3n) is 8.83. The fourth-order valence-electron chi connectivity index (χ4n) is 6.60. The summed E-state index contributed by atoms with van der Waals surface area (Å²) in [7, 11) is 0. The first kappa shape index (κ1) is 24.3. The summed E-state index contributed by atoms with van der Waals surface area (Å²) < 4.78 is 18.2. The Morgan fingerprint density at radius 2 is 0.689 bits per heavy atom. The van der Waals surface area contributed by atoms with E-state index in [9.17, 15) is 0 Å². The van der Waals surface area contributed by atoms with Crippen LogP contribution in [0, 0.1) is 0 Å². The van der Waals surface area contributed by atoms with Crippen molar-refractivity contribution < 1.29 is 13.3 Å². The molecule has 5 heteroatoms. The largest absolute Gasteiger partial charge is 0.456 e. The van der Waals surface area contributed by atoms with Crippen LogP contribution >= 0.6 is 0 Å². The normalized spacial score (nSPS) is 12.0. The smallest absolute Gasteiger partial charge is 0.227 e. The number of benzene rings is 5. The Labute approximate surface area is 256 Å². The molecule has 0 spiro atoms. The molecule has 0 radical (unpaired) electrons. The Hall–Kier alpha value is -6.20. The van der Waals surface area contributed by atoms with Gasteiger partial charge in [-0.25, -0.2) is 9.97 Å². The second-order valence-electron chi connectivity index (χ2n) is 11.4. The number of fused-ring (bicyclic) bond motifs is 9. The van der Waals surface area contributed by atoms with Crippen molar-refractivity contribution in [1.82, 2.24) is 9.97 Å². The molecule has 0 bridgehead atoms. The van der Waals surface area contributed by atoms with Crippen molar-refractivity contribution in [3.63, 3.8) is 0 Å². The molecule has 0 unspecified atom stereocenters. The van der Waals surface area contributed by atoms with Gasteiger partial charge < -0.3 is 13.3 Å². The van der Waals surface area contributed by atoms with E-state index < -0.39 is 0 Å². The average Bonchev–Trinajstić information content (AvgIpc) is 3.78. The van der Waals surface area contributed by atoms with Crippen LogP contribution < -0.4 is 0 Å². The van der Waals surface area contributed by atoms with E-state index in [1.54, 1.807) is 12.4 Å². The van der Waals surface area contributed by atoms with Gasteiger partial charge in [0.25, 0.3) is 0 Å². The van der Waals surface area contributed by atoms with E-state index in [1.165, 1.54) is 0 Å². The van der Waals surface area contributed by atoms with Crippen molar-refractivity contribution in [2.75, 3.05) is 0 Å². The van der Waals surface area contributed by atoms with Gasteiger partial charge in [-0.05, 0) is 112 Å². The van der Waals surface area contributed by atoms with Crippen molar-refractivity contribution >= 4 is 66.1 Å². The summed E-state index contributed by atoms with van der Waals surface area (Å²) in [6.07, 6.45) is 3.52. The molecule has 5 nitrogen and oxygen atoms in total. The molecule has 0 N–H and O–H groups in total. The van der Waals surface area contributed by atoms with Crippen LogP contribution in [0.15, 0.2) is 147 Å². The minimum absolute atomic E-state index is 0.658. The standard InChI is InChI=1S/C40H22N2O3/c1-4-23(25-10-14-37-31(19-25)29-6-2-16-41-39(29)44-37)18-24(5-1)26-8-12-35-33(21-26)34-22-28(9-13-36(34)43-35)27-11-15-38-32(20-27)30-7-3-17-42-40(30)45-38/h1-22H. The Morgan fingerprint density at radius 1 is 0.311 bits per heavy atom. The molecule has 0 atom stereocenters. The molecule has 0 amide bonds. The van der Waals surface area contributed by atoms with Crippen LogP contribution in [0.2, 0.25) is 0 Å². The highest BCUT2D eigenvalue weighted by Crippen LogP contribution is 2.38. The molecule has 0 aliphatic carbocycles. The molecular formula is C40H22N2O3. The predicted molar refractivity (Wildman–Crippen MR) is 180 cm³/mol. The van der Waals surface area contributed by atoms with Gasteiger partial charge in [0.05, 0.1) is 0 Å². The van der Waals surface area contributed by atoms with Crippen LogP contribution in [0.5, 0.6) is 0 Å². The van der Waals surface area contributed by atoms with Gasteiger partial charge in [-0.1, -0.05) is 42.5 Å². The van der Waals surface area contributed by atoms with Gasteiger partial charge in [-0.15, -0.1) is 0 Å². The van der Waals surface area contributed by atoms with Crippen LogP contribution in [0.25, 0.3) is 99.5 Å². The highest BCUT2D eigenvalue weighted by Gasteiger charge is 2.14. The molecule has 0 fully saturated rings. The van der Waals surface area contributed by atoms with Crippen molar-refractivity contribution in [3.05, 3.63) is 134 Å². The van der Waals surface area contributed by atoms with Gasteiger partial charge in [0.1, 0.15) is 22.3 Å². The summed E-state index contributed by atoms with van der Waals surface area (Å²) in [6.45, 7) is 0. The molecule has 45 heavy (non-hydrogen) atoms. The van der Waals surface area contributed by atoms with E-state index in [-0.39, 0.29) is 0 Å². The summed E-state index contributed by atoms with van der Waals surface area (Å²) in [5, 5.41) is 6.35. The van der Waals surface area contributed by atoms with Crippen molar-refractivity contribution in [3.8, 4) is 33.4 Å². The van der Waals surface area contributed by atoms with Crippen LogP contribution in [0.4, 0.5) is 0 Å². The lowest BCUT2D eigenvalue weighted by atomic mass is 9.96. The summed E-state index contributed by atoms with van der Waals surface area (Å²) >= 11 is 0. The molecule has 0 aliphatic heterocycles. The lowest BCUT2D eigenvalue weighted by Gasteiger charge is -2.07. The molecule has 10 rings (SSSR count). The van der Waals surface area contributed by atoms with Gasteiger partial charge in [-0.2, -0.15) is 0 Å². The topological polar surface area (TPSA) is 65.2 Å². The summed E-state index contributed by atoms with van der Waals surface area (Å²) in [4.78, 5) is 8.76. The predicted octanol–water partition coefficient (Wildman–Crippen LogP) is 11.2. The van der Waals surface area contributed by atoms with Crippen molar-refractivity contribution in [2.45, 2.75) is 0 Å². The Morgan fingerprint density at radius 3 is 1.13 bits per heavy atom. The number of hydrogen-bond acceptors (Lipinski definition) is 5. The van der Waals surface area contributed by atoms with E-state index in [0.29, 0.717) is 11.4 Å². The first-order chi connectivity index (χ1) is 22.2. The van der Waals surface area contributed by atoms with E-state index in [2.05, 4.69) is 107 Å². The maximum Gasteiger partial charge on any atom is 0.227 e. The van der Waals surface area contributed by atoms with E-state index in [4.69, 9.17) is 13.3 Å². The first-order valence-electron chi connectivity index (χ1n) is 14.9. The fourth-order valence-corrected chi connectivity index (χ4v) is 6.60. The van der Waals surface area contributed by atoms with E-state index in [0.717, 1.165) is 88.0 Å². The van der Waals surface area contributed by atoms with Crippen LogP contribution in [0.3, 0.4) is 0 Å². The third kappa shape index (κ3) is 3.74. The highest BCUT2D eigenvalue weighted by molar-refractivity contribution is 6.09. The van der Waals surface area contributed by atoms with Crippen molar-refractivity contribution in [1.29, 1.82) is 0 Å². The molecule has 5 heterocycles. The number of aromatic nitrogens is 2. The SMILES string of the molecule is c1cc(-c2ccc3oc4ccc(-c5ccc6oc7ncccc7c6c5)cc4c3c2)cc(-c2ccc3oc4ncccc4c3c2)c1. The summed E-state index contributed by atoms with van der Waals surface area (Å²) in [6, 6.07) is 42.2.